The number of nitrogens with zero attached hydrogens (tertiary/aromatic N) is 4. The van der Waals surface area contributed by atoms with Gasteiger partial charge in [0.15, 0.2) is 5.75 Å². The molecule has 0 aliphatic heterocycles. The number of nitrogens with one attached hydrogen (secondary N) is 1. The zero-order valence-electron chi connectivity index (χ0n) is 20.8. The third-order valence-corrected chi connectivity index (χ3v) is 4.15. The minimum Gasteiger partial charge on any atom is -0.435 e. The summed E-state index contributed by atoms with van der Waals surface area (Å²) in [6.45, 7) is -4.81. The molecule has 0 saturated heterocycles. The lowest BCUT2D eigenvalue weighted by Gasteiger charge is -2.14. The molecule has 3 N–H and O–H groups in total. The molecule has 0 saturated carbocycles. The van der Waals surface area contributed by atoms with Gasteiger partial charge in [0.05, 0.1) is 15.2 Å². The molecule has 2 rings (SSSR count). The number of aromatic nitrogens is 2. The molecule has 0 fully saturated rings. The topological polar surface area (TPSA) is 162 Å². The summed E-state index contributed by atoms with van der Waals surface area (Å²) in [5.41, 5.74) is 4.08. The Morgan fingerprint density at radius 1 is 1.47 bits per heavy atom. The molecule has 0 radical (unpaired) electrons. The summed E-state index contributed by atoms with van der Waals surface area (Å²) in [6, 6.07) is 3.86. The molecule has 156 valence electrons. The van der Waals surface area contributed by atoms with Gasteiger partial charge in [-0.15, -0.1) is 5.10 Å². The van der Waals surface area contributed by atoms with Crippen molar-refractivity contribution in [3.63, 3.8) is 0 Å². The normalized spacial score (nSPS) is 14.7. The molecular weight excluding hydrogens is 484 g/mol. The van der Waals surface area contributed by atoms with E-state index in [4.69, 9.17) is 35.6 Å². The van der Waals surface area contributed by atoms with E-state index in [-0.39, 0.29) is 25.6 Å². The van der Waals surface area contributed by atoms with Crippen molar-refractivity contribution in [2.75, 3.05) is 5.43 Å². The van der Waals surface area contributed by atoms with E-state index < -0.39 is 54.2 Å². The Balaban J connectivity index is 2.54. The Morgan fingerprint density at radius 3 is 2.77 bits per heavy atom. The number of nitrogens with two attached hydrogens (primary N) is 1. The molecule has 0 unspecified atom stereocenters. The number of carbonyl (C=O) groups is 2. The highest BCUT2D eigenvalue weighted by Crippen LogP contribution is 2.39. The van der Waals surface area contributed by atoms with Crippen molar-refractivity contribution in [2.45, 2.75) is 13.8 Å². The highest BCUT2D eigenvalue weighted by Gasteiger charge is 2.18. The van der Waals surface area contributed by atoms with Gasteiger partial charge in [-0.05, 0) is 41.8 Å². The number of primary amides is 1. The number of hydrogen-bond acceptors (Lipinski definition) is 9. The highest BCUT2D eigenvalue weighted by atomic mass is 79.9. The van der Waals surface area contributed by atoms with Crippen LogP contribution in [0.3, 0.4) is 0 Å². The van der Waals surface area contributed by atoms with E-state index in [1.54, 1.807) is 0 Å². The van der Waals surface area contributed by atoms with Gasteiger partial charge in [-0.3, -0.25) is 10.2 Å². The van der Waals surface area contributed by atoms with Crippen LogP contribution in [0.2, 0.25) is 5.02 Å². The number of amides is 1. The minimum absolute atomic E-state index is 0.0634. The lowest BCUT2D eigenvalue weighted by atomic mass is 10.2. The molecule has 0 bridgehead atoms. The van der Waals surface area contributed by atoms with Gasteiger partial charge in [-0.1, -0.05) is 11.6 Å². The average molecular weight is 504 g/mol. The fourth-order valence-corrected chi connectivity index (χ4v) is 2.79. The largest absolute Gasteiger partial charge is 0.435 e. The highest BCUT2D eigenvalue weighted by molar-refractivity contribution is 9.10. The van der Waals surface area contributed by atoms with Gasteiger partial charge < -0.3 is 15.2 Å². The van der Waals surface area contributed by atoms with E-state index in [1.165, 1.54) is 18.2 Å². The first-order valence-electron chi connectivity index (χ1n) is 10.5. The van der Waals surface area contributed by atoms with Crippen LogP contribution in [-0.2, 0) is 16.5 Å². The van der Waals surface area contributed by atoms with E-state index in [9.17, 15) is 14.4 Å². The Morgan fingerprint density at radius 2 is 2.20 bits per heavy atom. The zero-order chi connectivity index (χ0) is 27.6. The maximum Gasteiger partial charge on any atom is 0.412 e. The molecule has 30 heavy (non-hydrogen) atoms. The van der Waals surface area contributed by atoms with Gasteiger partial charge in [0.1, 0.15) is 6.07 Å². The van der Waals surface area contributed by atoms with Gasteiger partial charge >= 0.3 is 12.1 Å². The molecule has 0 aliphatic carbocycles. The maximum atomic E-state index is 12.4. The van der Waals surface area contributed by atoms with Crippen LogP contribution in [0.5, 0.6) is 11.6 Å². The molecule has 1 heterocycles. The van der Waals surface area contributed by atoms with Crippen molar-refractivity contribution in [1.82, 2.24) is 9.78 Å². The number of hydrazone groups is 1. The number of carbonyl (C=O) groups excluding carboxylic acids is 2. The molecule has 0 spiro atoms. The number of hydrogen-bond donors (Lipinski definition) is 2. The van der Waals surface area contributed by atoms with Crippen LogP contribution in [0.4, 0.5) is 10.5 Å². The molecule has 1 aromatic heterocycles. The number of halogens is 2. The van der Waals surface area contributed by atoms with Crippen LogP contribution >= 0.6 is 27.5 Å². The summed E-state index contributed by atoms with van der Waals surface area (Å²) >= 11 is 9.37. The molecule has 13 heteroatoms. The van der Waals surface area contributed by atoms with Gasteiger partial charge in [0.25, 0.3) is 5.56 Å². The quantitative estimate of drug-likeness (QED) is 0.272. The first-order valence-corrected chi connectivity index (χ1v) is 8.71. The van der Waals surface area contributed by atoms with Gasteiger partial charge in [-0.2, -0.15) is 10.4 Å². The predicted molar refractivity (Wildman–Crippen MR) is 111 cm³/mol. The van der Waals surface area contributed by atoms with Crippen molar-refractivity contribution in [2.24, 2.45) is 17.8 Å². The number of rotatable bonds is 5. The van der Waals surface area contributed by atoms with Crippen molar-refractivity contribution in [3.8, 4) is 17.7 Å². The van der Waals surface area contributed by atoms with E-state index in [2.05, 4.69) is 36.3 Å². The molecule has 2 aromatic rings. The van der Waals surface area contributed by atoms with Crippen molar-refractivity contribution >= 4 is 51.0 Å². The SMILES string of the molecule is [2H]C([2H])([2H])c1c(Oc2c(Cl)cc(NN=C(C#N)C(=O)OC(N)=O)cc2Br)nn(C([2H])([2H])[2H])c(=O)c1C. The molecule has 1 aromatic carbocycles. The molecular formula is C17H14BrClN6O5. The zero-order valence-corrected chi connectivity index (χ0v) is 17.2. The maximum absolute atomic E-state index is 12.4. The summed E-state index contributed by atoms with van der Waals surface area (Å²) in [6.07, 6.45) is -1.44. The van der Waals surface area contributed by atoms with E-state index >= 15 is 0 Å². The Labute approximate surface area is 191 Å². The second kappa shape index (κ2) is 9.38. The summed E-state index contributed by atoms with van der Waals surface area (Å²) in [4.78, 5) is 34.6. The van der Waals surface area contributed by atoms with Crippen LogP contribution in [-0.4, -0.2) is 27.6 Å². The van der Waals surface area contributed by atoms with Gasteiger partial charge in [-0.25, -0.2) is 14.3 Å². The summed E-state index contributed by atoms with van der Waals surface area (Å²) in [7, 11) is 0. The molecule has 0 atom stereocenters. The van der Waals surface area contributed by atoms with Crippen molar-refractivity contribution in [3.05, 3.63) is 43.1 Å². The third kappa shape index (κ3) is 5.13. The van der Waals surface area contributed by atoms with Crippen LogP contribution < -0.4 is 21.5 Å². The third-order valence-electron chi connectivity index (χ3n) is 3.28. The number of benzene rings is 1. The second-order valence-electron chi connectivity index (χ2n) is 5.29. The van der Waals surface area contributed by atoms with Crippen LogP contribution in [0.1, 0.15) is 19.4 Å². The number of nitriles is 1. The summed E-state index contributed by atoms with van der Waals surface area (Å²) in [5.74, 6) is -2.33. The number of esters is 1. The number of aryl methyl sites for hydroxylation is 1. The summed E-state index contributed by atoms with van der Waals surface area (Å²) in [5, 5.41) is 15.9. The number of anilines is 1. The lowest BCUT2D eigenvalue weighted by molar-refractivity contribution is -0.129. The van der Waals surface area contributed by atoms with Crippen molar-refractivity contribution in [1.29, 1.82) is 5.26 Å². The number of ether oxygens (including phenoxy) is 2. The Hall–Kier alpha value is -3.43. The van der Waals surface area contributed by atoms with E-state index in [0.29, 0.717) is 0 Å². The first kappa shape index (κ1) is 15.4. The fraction of sp³-hybridized carbons (Fsp3) is 0.176. The Kier molecular flexibility index (Phi) is 4.82. The fourth-order valence-electron chi connectivity index (χ4n) is 1.88. The monoisotopic (exact) mass is 502 g/mol. The minimum atomic E-state index is -3.03. The van der Waals surface area contributed by atoms with Gasteiger partial charge in [0.2, 0.25) is 11.6 Å². The average Bonchev–Trinajstić information content (AvgIpc) is 2.71. The van der Waals surface area contributed by atoms with E-state index in [1.807, 2.05) is 0 Å². The van der Waals surface area contributed by atoms with Crippen LogP contribution in [0.25, 0.3) is 0 Å². The molecule has 11 nitrogen and oxygen atoms in total. The van der Waals surface area contributed by atoms with Crippen molar-refractivity contribution < 1.29 is 27.3 Å². The smallest absolute Gasteiger partial charge is 0.412 e. The van der Waals surface area contributed by atoms with Gasteiger partial charge in [0, 0.05) is 26.3 Å². The van der Waals surface area contributed by atoms with E-state index in [0.717, 1.165) is 6.92 Å². The van der Waals surface area contributed by atoms with Crippen LogP contribution in [0, 0.1) is 25.1 Å². The first-order chi connectivity index (χ1) is 16.5. The molecule has 0 aliphatic rings. The van der Waals surface area contributed by atoms with Crippen LogP contribution in [0.15, 0.2) is 26.5 Å². The standard InChI is InChI=1S/C17H14BrClN6O5/c1-7-8(2)15(26)25(3)24-14(7)29-13-10(18)4-9(5-11(13)19)22-23-12(6-20)16(27)30-17(21)28/h4-5,22H,1-3H3,(H2,21,28)/i1D3,3D3. The molecule has 1 amide bonds. The second-order valence-corrected chi connectivity index (χ2v) is 6.55. The lowest BCUT2D eigenvalue weighted by Crippen LogP contribution is -2.24. The Bertz CT molecular complexity index is 1350. The summed E-state index contributed by atoms with van der Waals surface area (Å²) < 4.78 is 55.5. The predicted octanol–water partition coefficient (Wildman–Crippen LogP) is 2.52.